The fourth-order valence-electron chi connectivity index (χ4n) is 1.72. The molecular weight excluding hydrogens is 270 g/mol. The predicted octanol–water partition coefficient (Wildman–Crippen LogP) is 2.62. The molecule has 0 spiro atoms. The Hall–Kier alpha value is -2.30. The third-order valence-corrected chi connectivity index (χ3v) is 2.90. The van der Waals surface area contributed by atoms with Crippen LogP contribution in [0.15, 0.2) is 36.9 Å². The van der Waals surface area contributed by atoms with E-state index in [1.165, 1.54) is 0 Å². The van der Waals surface area contributed by atoms with Gasteiger partial charge in [0.1, 0.15) is 12.4 Å². The van der Waals surface area contributed by atoms with Crippen LogP contribution < -0.4 is 10.1 Å². The van der Waals surface area contributed by atoms with Crippen LogP contribution in [0.25, 0.3) is 0 Å². The molecule has 5 nitrogen and oxygen atoms in total. The van der Waals surface area contributed by atoms with Crippen LogP contribution in [0.4, 0.5) is 0 Å². The predicted molar refractivity (Wildman–Crippen MR) is 80.5 cm³/mol. The van der Waals surface area contributed by atoms with Crippen molar-refractivity contribution in [2.24, 2.45) is 0 Å². The molecule has 0 radical (unpaired) electrons. The second-order valence-electron chi connectivity index (χ2n) is 5.36. The van der Waals surface area contributed by atoms with Gasteiger partial charge in [0.25, 0.3) is 5.91 Å². The maximum atomic E-state index is 12.1. The molecule has 114 valence electrons. The molecule has 0 aliphatic carbocycles. The number of carboxylic acids is 1. The Morgan fingerprint density at radius 2 is 1.95 bits per heavy atom. The van der Waals surface area contributed by atoms with Gasteiger partial charge in [-0.2, -0.15) is 0 Å². The summed E-state index contributed by atoms with van der Waals surface area (Å²) in [5, 5.41) is 11.5. The minimum absolute atomic E-state index is 0.0155. The summed E-state index contributed by atoms with van der Waals surface area (Å²) in [7, 11) is 0. The lowest BCUT2D eigenvalue weighted by molar-refractivity contribution is -0.137. The molecule has 21 heavy (non-hydrogen) atoms. The molecule has 0 atom stereocenters. The first-order chi connectivity index (χ1) is 9.84. The van der Waals surface area contributed by atoms with Crippen molar-refractivity contribution in [3.05, 3.63) is 42.5 Å². The first kappa shape index (κ1) is 16.8. The lowest BCUT2D eigenvalue weighted by Gasteiger charge is -2.25. The van der Waals surface area contributed by atoms with Gasteiger partial charge in [-0.1, -0.05) is 12.7 Å². The number of amides is 1. The summed E-state index contributed by atoms with van der Waals surface area (Å²) in [6, 6.07) is 6.76. The molecule has 1 aromatic carbocycles. The maximum absolute atomic E-state index is 12.1. The lowest BCUT2D eigenvalue weighted by Crippen LogP contribution is -2.43. The molecule has 1 rings (SSSR count). The highest BCUT2D eigenvalue weighted by molar-refractivity contribution is 5.94. The van der Waals surface area contributed by atoms with E-state index >= 15 is 0 Å². The largest absolute Gasteiger partial charge is 0.490 e. The van der Waals surface area contributed by atoms with Crippen LogP contribution in [0.2, 0.25) is 0 Å². The molecule has 2 N–H and O–H groups in total. The van der Waals surface area contributed by atoms with E-state index in [4.69, 9.17) is 9.84 Å². The van der Waals surface area contributed by atoms with Crippen molar-refractivity contribution in [1.82, 2.24) is 5.32 Å². The number of carbonyl (C=O) groups excluding carboxylic acids is 1. The average molecular weight is 291 g/mol. The smallest absolute Gasteiger partial charge is 0.303 e. The van der Waals surface area contributed by atoms with Gasteiger partial charge in [-0.05, 0) is 44.5 Å². The van der Waals surface area contributed by atoms with Gasteiger partial charge < -0.3 is 15.2 Å². The molecule has 0 fully saturated rings. The number of nitrogens with one attached hydrogen (secondary N) is 1. The molecule has 1 aromatic rings. The number of aliphatic carboxylic acids is 1. The van der Waals surface area contributed by atoms with Gasteiger partial charge >= 0.3 is 5.97 Å². The summed E-state index contributed by atoms with van der Waals surface area (Å²) in [6.45, 7) is 7.57. The van der Waals surface area contributed by atoms with Gasteiger partial charge in [0, 0.05) is 17.5 Å². The highest BCUT2D eigenvalue weighted by Gasteiger charge is 2.22. The van der Waals surface area contributed by atoms with Crippen molar-refractivity contribution in [2.75, 3.05) is 6.61 Å². The van der Waals surface area contributed by atoms with E-state index in [1.54, 1.807) is 44.2 Å². The molecule has 0 unspecified atom stereocenters. The Kier molecular flexibility index (Phi) is 5.96. The summed E-state index contributed by atoms with van der Waals surface area (Å²) in [6.07, 6.45) is 2.03. The number of hydrogen-bond acceptors (Lipinski definition) is 3. The van der Waals surface area contributed by atoms with E-state index in [2.05, 4.69) is 11.9 Å². The van der Waals surface area contributed by atoms with E-state index in [1.807, 2.05) is 0 Å². The molecular formula is C16H21NO4. The van der Waals surface area contributed by atoms with Crippen LogP contribution in [0, 0.1) is 0 Å². The van der Waals surface area contributed by atoms with Crippen molar-refractivity contribution < 1.29 is 19.4 Å². The highest BCUT2D eigenvalue weighted by Crippen LogP contribution is 2.15. The Balaban J connectivity index is 2.62. The monoisotopic (exact) mass is 291 g/mol. The third-order valence-electron chi connectivity index (χ3n) is 2.90. The maximum Gasteiger partial charge on any atom is 0.303 e. The standard InChI is InChI=1S/C16H21NO4/c1-4-11-21-13-7-5-12(6-8-13)15(20)17-16(2,3)10-9-14(18)19/h4-8H,1,9-11H2,2-3H3,(H,17,20)(H,18,19). The van der Waals surface area contributed by atoms with Crippen LogP contribution in [0.3, 0.4) is 0 Å². The average Bonchev–Trinajstić information content (AvgIpc) is 2.43. The molecule has 5 heteroatoms. The first-order valence-electron chi connectivity index (χ1n) is 6.72. The molecule has 0 saturated heterocycles. The Morgan fingerprint density at radius 3 is 2.48 bits per heavy atom. The van der Waals surface area contributed by atoms with E-state index in [9.17, 15) is 9.59 Å². The van der Waals surface area contributed by atoms with Crippen molar-refractivity contribution in [1.29, 1.82) is 0 Å². The lowest BCUT2D eigenvalue weighted by atomic mass is 9.98. The van der Waals surface area contributed by atoms with Gasteiger partial charge in [-0.3, -0.25) is 9.59 Å². The second-order valence-corrected chi connectivity index (χ2v) is 5.36. The molecule has 0 aromatic heterocycles. The summed E-state index contributed by atoms with van der Waals surface area (Å²) < 4.78 is 5.34. The minimum atomic E-state index is -0.874. The molecule has 0 aliphatic heterocycles. The zero-order chi connectivity index (χ0) is 15.9. The number of carbonyl (C=O) groups is 2. The van der Waals surface area contributed by atoms with E-state index in [-0.39, 0.29) is 12.3 Å². The van der Waals surface area contributed by atoms with Crippen LogP contribution in [0.5, 0.6) is 5.75 Å². The third kappa shape index (κ3) is 6.12. The van der Waals surface area contributed by atoms with Gasteiger partial charge in [-0.15, -0.1) is 0 Å². The number of ether oxygens (including phenoxy) is 1. The molecule has 1 amide bonds. The molecule has 0 aliphatic rings. The number of carboxylic acid groups (broad SMARTS) is 1. The molecule has 0 heterocycles. The van der Waals surface area contributed by atoms with Crippen LogP contribution in [-0.2, 0) is 4.79 Å². The fourth-order valence-corrected chi connectivity index (χ4v) is 1.72. The van der Waals surface area contributed by atoms with Gasteiger partial charge in [0.15, 0.2) is 0 Å². The highest BCUT2D eigenvalue weighted by atomic mass is 16.5. The Morgan fingerprint density at radius 1 is 1.33 bits per heavy atom. The van der Waals surface area contributed by atoms with Crippen LogP contribution in [-0.4, -0.2) is 29.1 Å². The van der Waals surface area contributed by atoms with E-state index < -0.39 is 11.5 Å². The van der Waals surface area contributed by atoms with Crippen LogP contribution in [0.1, 0.15) is 37.0 Å². The normalized spacial score (nSPS) is 10.8. The summed E-state index contributed by atoms with van der Waals surface area (Å²) in [4.78, 5) is 22.7. The SMILES string of the molecule is C=CCOc1ccc(C(=O)NC(C)(C)CCC(=O)O)cc1. The molecule has 0 bridgehead atoms. The van der Waals surface area contributed by atoms with E-state index in [0.29, 0.717) is 24.3 Å². The first-order valence-corrected chi connectivity index (χ1v) is 6.72. The minimum Gasteiger partial charge on any atom is -0.490 e. The number of hydrogen-bond donors (Lipinski definition) is 2. The summed E-state index contributed by atoms with van der Waals surface area (Å²) >= 11 is 0. The zero-order valence-corrected chi connectivity index (χ0v) is 12.4. The quantitative estimate of drug-likeness (QED) is 0.722. The fraction of sp³-hybridized carbons (Fsp3) is 0.375. The van der Waals surface area contributed by atoms with Gasteiger partial charge in [0.2, 0.25) is 0 Å². The topological polar surface area (TPSA) is 75.6 Å². The Bertz CT molecular complexity index is 506. The number of benzene rings is 1. The van der Waals surface area contributed by atoms with Gasteiger partial charge in [-0.25, -0.2) is 0 Å². The summed E-state index contributed by atoms with van der Waals surface area (Å²) in [5.41, 5.74) is -0.0719. The van der Waals surface area contributed by atoms with Crippen molar-refractivity contribution in [2.45, 2.75) is 32.2 Å². The zero-order valence-electron chi connectivity index (χ0n) is 12.4. The second kappa shape index (κ2) is 7.47. The van der Waals surface area contributed by atoms with E-state index in [0.717, 1.165) is 0 Å². The van der Waals surface area contributed by atoms with Gasteiger partial charge in [0.05, 0.1) is 0 Å². The summed E-state index contributed by atoms with van der Waals surface area (Å²) in [5.74, 6) is -0.446. The van der Waals surface area contributed by atoms with Crippen molar-refractivity contribution >= 4 is 11.9 Å². The number of rotatable bonds is 8. The van der Waals surface area contributed by atoms with Crippen molar-refractivity contribution in [3.8, 4) is 5.75 Å². The molecule has 0 saturated carbocycles. The van der Waals surface area contributed by atoms with Crippen LogP contribution >= 0.6 is 0 Å². The Labute approximate surface area is 124 Å². The van der Waals surface area contributed by atoms with Crippen molar-refractivity contribution in [3.63, 3.8) is 0 Å².